The van der Waals surface area contributed by atoms with E-state index in [1.807, 2.05) is 0 Å². The number of hydrogen-bond donors (Lipinski definition) is 3. The second-order valence-electron chi connectivity index (χ2n) is 7.80. The van der Waals surface area contributed by atoms with Gasteiger partial charge in [-0.1, -0.05) is 24.3 Å². The van der Waals surface area contributed by atoms with Crippen molar-refractivity contribution in [2.45, 2.75) is 19.0 Å². The molecule has 0 aromatic heterocycles. The van der Waals surface area contributed by atoms with Gasteiger partial charge in [-0.25, -0.2) is 17.6 Å². The van der Waals surface area contributed by atoms with Gasteiger partial charge in [-0.2, -0.15) is 0 Å². The highest BCUT2D eigenvalue weighted by Crippen LogP contribution is 2.30. The van der Waals surface area contributed by atoms with Crippen molar-refractivity contribution in [1.82, 2.24) is 5.32 Å². The van der Waals surface area contributed by atoms with E-state index in [0.29, 0.717) is 16.8 Å². The van der Waals surface area contributed by atoms with Gasteiger partial charge in [-0.05, 0) is 60.0 Å². The fraction of sp³-hybridized carbons (Fsp3) is 0.120. The van der Waals surface area contributed by atoms with Crippen molar-refractivity contribution in [2.24, 2.45) is 0 Å². The zero-order valence-electron chi connectivity index (χ0n) is 18.1. The molecule has 2 atom stereocenters. The lowest BCUT2D eigenvalue weighted by molar-refractivity contribution is 0.438. The lowest BCUT2D eigenvalue weighted by Crippen LogP contribution is -2.32. The summed E-state index contributed by atoms with van der Waals surface area (Å²) in [7, 11) is 0. The molecule has 0 spiro atoms. The third-order valence-electron chi connectivity index (χ3n) is 5.50. The molecule has 0 aliphatic heterocycles. The Morgan fingerprint density at radius 3 is 2.03 bits per heavy atom. The van der Waals surface area contributed by atoms with Crippen LogP contribution in [0.2, 0.25) is 0 Å². The summed E-state index contributed by atoms with van der Waals surface area (Å²) in [6, 6.07) is 12.7. The summed E-state index contributed by atoms with van der Waals surface area (Å²) in [4.78, 5) is 22.9. The van der Waals surface area contributed by atoms with E-state index in [2.05, 4.69) is 10.6 Å². The number of hydrogen-bond acceptors (Lipinski definition) is 5. The molecule has 0 heterocycles. The van der Waals surface area contributed by atoms with E-state index in [1.54, 1.807) is 31.2 Å². The predicted octanol–water partition coefficient (Wildman–Crippen LogP) is 5.15. The van der Waals surface area contributed by atoms with Gasteiger partial charge >= 0.3 is 0 Å². The highest BCUT2D eigenvalue weighted by atomic mass is 35.5. The van der Waals surface area contributed by atoms with Gasteiger partial charge in [0, 0.05) is 11.7 Å². The van der Waals surface area contributed by atoms with Gasteiger partial charge in [0.15, 0.2) is 23.2 Å². The lowest BCUT2D eigenvalue weighted by Gasteiger charge is -2.25. The summed E-state index contributed by atoms with van der Waals surface area (Å²) >= 11 is 0. The van der Waals surface area contributed by atoms with Crippen LogP contribution in [0.25, 0.3) is 0 Å². The molecule has 0 saturated heterocycles. The second kappa shape index (κ2) is 10.3. The van der Waals surface area contributed by atoms with Crippen LogP contribution in [0.3, 0.4) is 0 Å². The summed E-state index contributed by atoms with van der Waals surface area (Å²) in [6.07, 6.45) is 0. The lowest BCUT2D eigenvalue weighted by atomic mass is 9.96. The fourth-order valence-electron chi connectivity index (χ4n) is 3.65. The van der Waals surface area contributed by atoms with Crippen molar-refractivity contribution in [2.75, 3.05) is 5.32 Å². The molecule has 3 N–H and O–H groups in total. The summed E-state index contributed by atoms with van der Waals surface area (Å²) in [5.41, 5.74) is -0.261. The molecule has 0 radical (unpaired) electrons. The van der Waals surface area contributed by atoms with Crippen LogP contribution in [-0.4, -0.2) is 5.11 Å². The number of halogens is 5. The maximum Gasteiger partial charge on any atom is 0.271 e. The van der Waals surface area contributed by atoms with Gasteiger partial charge in [0.1, 0.15) is 11.5 Å². The maximum atomic E-state index is 13.8. The Balaban J connectivity index is 0.00000342. The molecule has 0 saturated carbocycles. The normalized spacial score (nSPS) is 12.7. The van der Waals surface area contributed by atoms with E-state index in [1.165, 1.54) is 24.3 Å². The Kier molecular flexibility index (Phi) is 7.62. The molecule has 0 fully saturated rings. The maximum absolute atomic E-state index is 13.8. The van der Waals surface area contributed by atoms with Gasteiger partial charge < -0.3 is 10.4 Å². The number of aromatic hydroxyl groups is 1. The SMILES string of the molecule is CC(NC(c1ccc(F)cc1)c1cccc(Nc2c(O)c(=O)c2=O)c1)c1cc(F)c(F)c(F)c1.Cl. The van der Waals surface area contributed by atoms with Crippen LogP contribution in [-0.2, 0) is 0 Å². The number of nitrogens with one attached hydrogen (secondary N) is 2. The predicted molar refractivity (Wildman–Crippen MR) is 126 cm³/mol. The first-order chi connectivity index (χ1) is 16.2. The smallest absolute Gasteiger partial charge is 0.271 e. The van der Waals surface area contributed by atoms with Crippen LogP contribution < -0.4 is 21.5 Å². The minimum atomic E-state index is -1.56. The Hall–Kier alpha value is -3.69. The van der Waals surface area contributed by atoms with Crippen LogP contribution in [0.15, 0.2) is 70.3 Å². The topological polar surface area (TPSA) is 78.4 Å². The van der Waals surface area contributed by atoms with Crippen LogP contribution in [0.1, 0.15) is 35.7 Å². The van der Waals surface area contributed by atoms with Gasteiger partial charge in [-0.3, -0.25) is 14.9 Å². The number of anilines is 2. The molecule has 35 heavy (non-hydrogen) atoms. The molecule has 182 valence electrons. The standard InChI is InChI=1S/C25H18F4N2O3.ClH/c1-12(15-10-18(27)20(29)19(28)11-15)30-21(13-5-7-16(26)8-6-13)14-3-2-4-17(9-14)31-22-23(32)25(34)24(22)33;/h2-12,21,30-32H,1H3;1H. The highest BCUT2D eigenvalue weighted by Gasteiger charge is 2.22. The van der Waals surface area contributed by atoms with Gasteiger partial charge in [0.05, 0.1) is 6.04 Å². The molecule has 0 amide bonds. The zero-order chi connectivity index (χ0) is 24.6. The third kappa shape index (κ3) is 5.21. The van der Waals surface area contributed by atoms with Crippen molar-refractivity contribution in [3.8, 4) is 5.75 Å². The van der Waals surface area contributed by atoms with E-state index in [0.717, 1.165) is 12.1 Å². The molecular weight excluding hydrogens is 488 g/mol. The zero-order valence-corrected chi connectivity index (χ0v) is 18.9. The van der Waals surface area contributed by atoms with Gasteiger partial charge in [-0.15, -0.1) is 12.4 Å². The van der Waals surface area contributed by atoms with Crippen LogP contribution in [0, 0.1) is 23.3 Å². The summed E-state index contributed by atoms with van der Waals surface area (Å²) in [5, 5.41) is 15.5. The summed E-state index contributed by atoms with van der Waals surface area (Å²) in [5.74, 6) is -5.31. The quantitative estimate of drug-likeness (QED) is 0.183. The number of rotatable bonds is 7. The van der Waals surface area contributed by atoms with Crippen molar-refractivity contribution >= 4 is 23.8 Å². The Morgan fingerprint density at radius 1 is 0.800 bits per heavy atom. The van der Waals surface area contributed by atoms with Crippen molar-refractivity contribution in [3.05, 3.63) is 121 Å². The highest BCUT2D eigenvalue weighted by molar-refractivity contribution is 5.85. The second-order valence-corrected chi connectivity index (χ2v) is 7.80. The van der Waals surface area contributed by atoms with Crippen molar-refractivity contribution < 1.29 is 22.7 Å². The van der Waals surface area contributed by atoms with E-state index in [-0.39, 0.29) is 23.7 Å². The van der Waals surface area contributed by atoms with Crippen molar-refractivity contribution in [1.29, 1.82) is 0 Å². The molecule has 5 nitrogen and oxygen atoms in total. The molecule has 4 aromatic rings. The molecule has 0 aliphatic carbocycles. The minimum Gasteiger partial charge on any atom is -0.502 e. The average Bonchev–Trinajstić information content (AvgIpc) is 2.84. The van der Waals surface area contributed by atoms with Gasteiger partial charge in [0.2, 0.25) is 0 Å². The first-order valence-electron chi connectivity index (χ1n) is 10.2. The molecule has 10 heteroatoms. The van der Waals surface area contributed by atoms with E-state index >= 15 is 0 Å². The Labute approximate surface area is 203 Å². The summed E-state index contributed by atoms with van der Waals surface area (Å²) < 4.78 is 54.4. The Bertz CT molecular complexity index is 1410. The van der Waals surface area contributed by atoms with Crippen LogP contribution in [0.5, 0.6) is 5.75 Å². The minimum absolute atomic E-state index is 0. The van der Waals surface area contributed by atoms with E-state index in [9.17, 15) is 32.3 Å². The summed E-state index contributed by atoms with van der Waals surface area (Å²) in [6.45, 7) is 1.63. The fourth-order valence-corrected chi connectivity index (χ4v) is 3.65. The van der Waals surface area contributed by atoms with E-state index < -0.39 is 52.0 Å². The molecule has 2 unspecified atom stereocenters. The van der Waals surface area contributed by atoms with E-state index in [4.69, 9.17) is 0 Å². The van der Waals surface area contributed by atoms with Crippen LogP contribution >= 0.6 is 12.4 Å². The van der Waals surface area contributed by atoms with Gasteiger partial charge in [0.25, 0.3) is 10.9 Å². The molecule has 0 bridgehead atoms. The third-order valence-corrected chi connectivity index (χ3v) is 5.50. The first-order valence-corrected chi connectivity index (χ1v) is 10.2. The molecule has 4 aromatic carbocycles. The average molecular weight is 507 g/mol. The first kappa shape index (κ1) is 25.9. The number of benzene rings is 3. The largest absolute Gasteiger partial charge is 0.502 e. The Morgan fingerprint density at radius 2 is 1.43 bits per heavy atom. The molecule has 0 aliphatic rings. The van der Waals surface area contributed by atoms with Crippen molar-refractivity contribution in [3.63, 3.8) is 0 Å². The monoisotopic (exact) mass is 506 g/mol. The molecular formula is C25H19ClF4N2O3. The van der Waals surface area contributed by atoms with Crippen LogP contribution in [0.4, 0.5) is 28.9 Å². The molecule has 4 rings (SSSR count).